The molecular weight excluding hydrogens is 148 g/mol. The Labute approximate surface area is 75.2 Å². The summed E-state index contributed by atoms with van der Waals surface area (Å²) in [6.45, 7) is 7.63. The Kier molecular flexibility index (Phi) is 3.11. The first-order valence-corrected chi connectivity index (χ1v) is 4.80. The first-order valence-electron chi connectivity index (χ1n) is 4.80. The second-order valence-corrected chi connectivity index (χ2v) is 4.04. The first kappa shape index (κ1) is 9.54. The molecule has 0 aromatic carbocycles. The van der Waals surface area contributed by atoms with Gasteiger partial charge in [0.05, 0.1) is 12.0 Å². The largest absolute Gasteiger partial charge is 0.297 e. The summed E-state index contributed by atoms with van der Waals surface area (Å²) in [5, 5.41) is 8.80. The lowest BCUT2D eigenvalue weighted by molar-refractivity contribution is 0.103. The minimum atomic E-state index is 0.267. The summed E-state index contributed by atoms with van der Waals surface area (Å²) >= 11 is 0. The fourth-order valence-corrected chi connectivity index (χ4v) is 1.96. The highest BCUT2D eigenvalue weighted by Crippen LogP contribution is 2.22. The van der Waals surface area contributed by atoms with Crippen LogP contribution in [0.15, 0.2) is 0 Å². The van der Waals surface area contributed by atoms with E-state index >= 15 is 0 Å². The third-order valence-electron chi connectivity index (χ3n) is 2.78. The molecule has 2 nitrogen and oxygen atoms in total. The predicted molar refractivity (Wildman–Crippen MR) is 49.6 cm³/mol. The van der Waals surface area contributed by atoms with Gasteiger partial charge in [-0.2, -0.15) is 5.26 Å². The maximum absolute atomic E-state index is 8.80. The molecule has 1 saturated heterocycles. The number of rotatable bonds is 1. The van der Waals surface area contributed by atoms with Gasteiger partial charge >= 0.3 is 0 Å². The average molecular weight is 166 g/mol. The van der Waals surface area contributed by atoms with E-state index in [4.69, 9.17) is 5.26 Å². The maximum Gasteiger partial charge on any atom is 0.0669 e. The van der Waals surface area contributed by atoms with Gasteiger partial charge in [0, 0.05) is 18.6 Å². The van der Waals surface area contributed by atoms with Gasteiger partial charge in [-0.3, -0.25) is 4.90 Å². The second kappa shape index (κ2) is 3.91. The summed E-state index contributed by atoms with van der Waals surface area (Å²) in [5.74, 6) is 0.267. The van der Waals surface area contributed by atoms with Gasteiger partial charge in [-0.05, 0) is 33.6 Å². The summed E-state index contributed by atoms with van der Waals surface area (Å²) in [6.07, 6.45) is 2.26. The van der Waals surface area contributed by atoms with Gasteiger partial charge in [0.2, 0.25) is 0 Å². The first-order chi connectivity index (χ1) is 5.65. The maximum atomic E-state index is 8.80. The molecule has 2 heteroatoms. The number of piperidine rings is 1. The summed E-state index contributed by atoms with van der Waals surface area (Å²) < 4.78 is 0. The van der Waals surface area contributed by atoms with Crippen LogP contribution in [0.5, 0.6) is 0 Å². The van der Waals surface area contributed by atoms with Gasteiger partial charge in [0.15, 0.2) is 0 Å². The topological polar surface area (TPSA) is 27.0 Å². The summed E-state index contributed by atoms with van der Waals surface area (Å²) in [7, 11) is 0. The highest BCUT2D eigenvalue weighted by Gasteiger charge is 2.26. The molecular formula is C10H18N2. The Morgan fingerprint density at radius 1 is 1.42 bits per heavy atom. The van der Waals surface area contributed by atoms with Crippen molar-refractivity contribution in [2.24, 2.45) is 5.92 Å². The van der Waals surface area contributed by atoms with Gasteiger partial charge in [-0.15, -0.1) is 0 Å². The van der Waals surface area contributed by atoms with Crippen LogP contribution in [0.1, 0.15) is 33.6 Å². The molecule has 1 heterocycles. The zero-order valence-electron chi connectivity index (χ0n) is 8.25. The fraction of sp³-hybridized carbons (Fsp3) is 0.900. The van der Waals surface area contributed by atoms with E-state index in [-0.39, 0.29) is 5.92 Å². The lowest BCUT2D eigenvalue weighted by Gasteiger charge is -2.38. The van der Waals surface area contributed by atoms with Crippen molar-refractivity contribution in [2.75, 3.05) is 6.54 Å². The molecule has 0 aromatic heterocycles. The fourth-order valence-electron chi connectivity index (χ4n) is 1.96. The summed E-state index contributed by atoms with van der Waals surface area (Å²) in [6, 6.07) is 3.61. The molecule has 1 aliphatic rings. The van der Waals surface area contributed by atoms with Crippen LogP contribution in [-0.4, -0.2) is 23.5 Å². The lowest BCUT2D eigenvalue weighted by atomic mass is 9.93. The number of hydrogen-bond acceptors (Lipinski definition) is 2. The third-order valence-corrected chi connectivity index (χ3v) is 2.78. The summed E-state index contributed by atoms with van der Waals surface area (Å²) in [4.78, 5) is 2.43. The van der Waals surface area contributed by atoms with E-state index in [0.717, 1.165) is 13.0 Å². The Morgan fingerprint density at radius 3 is 2.58 bits per heavy atom. The van der Waals surface area contributed by atoms with Crippen LogP contribution in [0.2, 0.25) is 0 Å². The van der Waals surface area contributed by atoms with Crippen LogP contribution in [0.4, 0.5) is 0 Å². The van der Waals surface area contributed by atoms with Crippen LogP contribution in [0.25, 0.3) is 0 Å². The van der Waals surface area contributed by atoms with Gasteiger partial charge in [0.25, 0.3) is 0 Å². The number of likely N-dealkylation sites (tertiary alicyclic amines) is 1. The van der Waals surface area contributed by atoms with Crippen molar-refractivity contribution >= 4 is 0 Å². The molecule has 1 rings (SSSR count). The molecule has 12 heavy (non-hydrogen) atoms. The number of nitrogens with zero attached hydrogens (tertiary/aromatic N) is 2. The van der Waals surface area contributed by atoms with Crippen molar-refractivity contribution in [3.05, 3.63) is 0 Å². The molecule has 68 valence electrons. The van der Waals surface area contributed by atoms with E-state index in [9.17, 15) is 0 Å². The van der Waals surface area contributed by atoms with E-state index in [1.165, 1.54) is 6.42 Å². The van der Waals surface area contributed by atoms with E-state index < -0.39 is 0 Å². The normalized spacial score (nSPS) is 31.9. The van der Waals surface area contributed by atoms with E-state index in [2.05, 4.69) is 31.7 Å². The molecule has 0 aromatic rings. The second-order valence-electron chi connectivity index (χ2n) is 4.04. The molecule has 0 aliphatic carbocycles. The molecule has 0 N–H and O–H groups in total. The van der Waals surface area contributed by atoms with Crippen molar-refractivity contribution in [1.29, 1.82) is 5.26 Å². The molecule has 0 unspecified atom stereocenters. The minimum absolute atomic E-state index is 0.267. The number of nitriles is 1. The van der Waals surface area contributed by atoms with Crippen molar-refractivity contribution < 1.29 is 0 Å². The molecule has 0 amide bonds. The van der Waals surface area contributed by atoms with Gasteiger partial charge in [-0.1, -0.05) is 0 Å². The monoisotopic (exact) mass is 166 g/mol. The quantitative estimate of drug-likeness (QED) is 0.596. The zero-order chi connectivity index (χ0) is 9.14. The smallest absolute Gasteiger partial charge is 0.0669 e. The Morgan fingerprint density at radius 2 is 2.08 bits per heavy atom. The van der Waals surface area contributed by atoms with E-state index in [1.54, 1.807) is 0 Å². The Hall–Kier alpha value is -0.550. The van der Waals surface area contributed by atoms with E-state index in [0.29, 0.717) is 12.1 Å². The third kappa shape index (κ3) is 1.98. The van der Waals surface area contributed by atoms with Crippen LogP contribution in [-0.2, 0) is 0 Å². The average Bonchev–Trinajstić information content (AvgIpc) is 2.05. The summed E-state index contributed by atoms with van der Waals surface area (Å²) in [5.41, 5.74) is 0. The van der Waals surface area contributed by atoms with E-state index in [1.807, 2.05) is 0 Å². The molecule has 1 fully saturated rings. The standard InChI is InChI=1S/C10H18N2/c1-8(2)12-7-10(6-11)5-4-9(12)3/h8-10H,4-5,7H2,1-3H3/t9-,10-/m1/s1. The van der Waals surface area contributed by atoms with Gasteiger partial charge < -0.3 is 0 Å². The van der Waals surface area contributed by atoms with Crippen molar-refractivity contribution in [1.82, 2.24) is 4.90 Å². The van der Waals surface area contributed by atoms with Crippen LogP contribution >= 0.6 is 0 Å². The Balaban J connectivity index is 2.54. The predicted octanol–water partition coefficient (Wildman–Crippen LogP) is 2.02. The van der Waals surface area contributed by atoms with Crippen LogP contribution in [0, 0.1) is 17.2 Å². The SMILES string of the molecule is CC(C)N1C[C@@H](C#N)CC[C@H]1C. The van der Waals surface area contributed by atoms with Crippen molar-refractivity contribution in [3.8, 4) is 6.07 Å². The van der Waals surface area contributed by atoms with Crippen LogP contribution < -0.4 is 0 Å². The molecule has 1 aliphatic heterocycles. The van der Waals surface area contributed by atoms with Gasteiger partial charge in [0.1, 0.15) is 0 Å². The zero-order valence-corrected chi connectivity index (χ0v) is 8.25. The van der Waals surface area contributed by atoms with Crippen molar-refractivity contribution in [3.63, 3.8) is 0 Å². The lowest BCUT2D eigenvalue weighted by Crippen LogP contribution is -2.45. The molecule has 0 saturated carbocycles. The number of hydrogen-bond donors (Lipinski definition) is 0. The Bertz CT molecular complexity index is 181. The molecule has 0 spiro atoms. The highest BCUT2D eigenvalue weighted by molar-refractivity contribution is 4.91. The van der Waals surface area contributed by atoms with Crippen LogP contribution in [0.3, 0.4) is 0 Å². The van der Waals surface area contributed by atoms with Gasteiger partial charge in [-0.25, -0.2) is 0 Å². The highest BCUT2D eigenvalue weighted by atomic mass is 15.2. The van der Waals surface area contributed by atoms with Crippen molar-refractivity contribution in [2.45, 2.75) is 45.7 Å². The molecule has 0 bridgehead atoms. The minimum Gasteiger partial charge on any atom is -0.297 e. The molecule has 0 radical (unpaired) electrons. The molecule has 2 atom stereocenters.